The lowest BCUT2D eigenvalue weighted by atomic mass is 10.1. The molecule has 0 unspecified atom stereocenters. The number of sulfonamides is 1. The van der Waals surface area contributed by atoms with Crippen LogP contribution in [-0.4, -0.2) is 55.8 Å². The van der Waals surface area contributed by atoms with Gasteiger partial charge in [0, 0.05) is 26.2 Å². The van der Waals surface area contributed by atoms with E-state index in [0.29, 0.717) is 18.8 Å². The van der Waals surface area contributed by atoms with Gasteiger partial charge in [-0.1, -0.05) is 35.4 Å². The first-order valence-electron chi connectivity index (χ1n) is 9.78. The van der Waals surface area contributed by atoms with E-state index < -0.39 is 16.1 Å². The Morgan fingerprint density at radius 1 is 0.931 bits per heavy atom. The van der Waals surface area contributed by atoms with Gasteiger partial charge in [0.2, 0.25) is 10.0 Å². The third kappa shape index (κ3) is 4.79. The molecule has 0 radical (unpaired) electrons. The molecular formula is C22H28N2O4S. The summed E-state index contributed by atoms with van der Waals surface area (Å²) < 4.78 is 32.9. The van der Waals surface area contributed by atoms with Crippen LogP contribution in [0.5, 0.6) is 5.75 Å². The normalized spacial score (nSPS) is 16.5. The van der Waals surface area contributed by atoms with Gasteiger partial charge in [0.05, 0.1) is 4.90 Å². The number of nitrogens with zero attached hydrogens (tertiary/aromatic N) is 2. The molecule has 1 atom stereocenters. The number of piperazine rings is 1. The Morgan fingerprint density at radius 3 is 2.10 bits per heavy atom. The largest absolute Gasteiger partial charge is 0.481 e. The molecule has 3 rings (SSSR count). The highest BCUT2D eigenvalue weighted by Gasteiger charge is 2.32. The molecule has 1 aliphatic rings. The lowest BCUT2D eigenvalue weighted by Gasteiger charge is -2.35. The molecule has 1 heterocycles. The number of hydrogen-bond donors (Lipinski definition) is 0. The Morgan fingerprint density at radius 2 is 1.52 bits per heavy atom. The maximum absolute atomic E-state index is 12.8. The molecule has 1 saturated heterocycles. The van der Waals surface area contributed by atoms with Gasteiger partial charge in [0.1, 0.15) is 5.75 Å². The first-order chi connectivity index (χ1) is 13.7. The number of amides is 1. The van der Waals surface area contributed by atoms with Crippen LogP contribution in [-0.2, 0) is 14.8 Å². The van der Waals surface area contributed by atoms with Crippen LogP contribution in [0.15, 0.2) is 47.4 Å². The maximum Gasteiger partial charge on any atom is 0.263 e. The second kappa shape index (κ2) is 8.55. The zero-order chi connectivity index (χ0) is 21.2. The second-order valence-corrected chi connectivity index (χ2v) is 9.51. The number of carbonyl (C=O) groups excluding carboxylic acids is 1. The van der Waals surface area contributed by atoms with E-state index in [1.807, 2.05) is 39.0 Å². The smallest absolute Gasteiger partial charge is 0.263 e. The van der Waals surface area contributed by atoms with Crippen molar-refractivity contribution in [3.63, 3.8) is 0 Å². The molecule has 0 aromatic heterocycles. The number of carbonyl (C=O) groups is 1. The summed E-state index contributed by atoms with van der Waals surface area (Å²) in [5.41, 5.74) is 3.13. The highest BCUT2D eigenvalue weighted by atomic mass is 32.2. The topological polar surface area (TPSA) is 66.9 Å². The summed E-state index contributed by atoms with van der Waals surface area (Å²) in [4.78, 5) is 14.7. The second-order valence-electron chi connectivity index (χ2n) is 7.57. The fourth-order valence-electron chi connectivity index (χ4n) is 3.44. The standard InChI is InChI=1S/C22H28N2O4S/c1-16-5-8-20(9-6-16)29(26,27)24-13-11-23(12-14-24)22(25)19(4)28-21-10-7-17(2)15-18(21)3/h5-10,15,19H,11-14H2,1-4H3/t19-/m0/s1. The van der Waals surface area contributed by atoms with Crippen molar-refractivity contribution in [2.45, 2.75) is 38.7 Å². The van der Waals surface area contributed by atoms with Gasteiger partial charge in [-0.25, -0.2) is 8.42 Å². The Labute approximate surface area is 173 Å². The maximum atomic E-state index is 12.8. The molecule has 29 heavy (non-hydrogen) atoms. The van der Waals surface area contributed by atoms with Crippen molar-refractivity contribution in [1.82, 2.24) is 9.21 Å². The molecular weight excluding hydrogens is 388 g/mol. The summed E-state index contributed by atoms with van der Waals surface area (Å²) in [7, 11) is -3.54. The van der Waals surface area contributed by atoms with Crippen molar-refractivity contribution in [1.29, 1.82) is 0 Å². The molecule has 0 spiro atoms. The van der Waals surface area contributed by atoms with Gasteiger partial charge < -0.3 is 9.64 Å². The van der Waals surface area contributed by atoms with Gasteiger partial charge in [-0.05, 0) is 51.5 Å². The van der Waals surface area contributed by atoms with E-state index in [9.17, 15) is 13.2 Å². The van der Waals surface area contributed by atoms with Gasteiger partial charge >= 0.3 is 0 Å². The van der Waals surface area contributed by atoms with Crippen molar-refractivity contribution in [3.05, 3.63) is 59.2 Å². The predicted octanol–water partition coefficient (Wildman–Crippen LogP) is 2.91. The number of benzene rings is 2. The molecule has 0 bridgehead atoms. The quantitative estimate of drug-likeness (QED) is 0.752. The average Bonchev–Trinajstić information content (AvgIpc) is 2.70. The van der Waals surface area contributed by atoms with Gasteiger partial charge in [-0.15, -0.1) is 0 Å². The molecule has 0 aliphatic carbocycles. The monoisotopic (exact) mass is 416 g/mol. The number of hydrogen-bond acceptors (Lipinski definition) is 4. The Balaban J connectivity index is 1.60. The molecule has 2 aromatic rings. The van der Waals surface area contributed by atoms with E-state index in [4.69, 9.17) is 4.74 Å². The molecule has 7 heteroatoms. The molecule has 1 amide bonds. The molecule has 2 aromatic carbocycles. The zero-order valence-corrected chi connectivity index (χ0v) is 18.2. The SMILES string of the molecule is Cc1ccc(S(=O)(=O)N2CCN(C(=O)[C@H](C)Oc3ccc(C)cc3C)CC2)cc1. The van der Waals surface area contributed by atoms with Gasteiger partial charge in [0.15, 0.2) is 6.10 Å². The van der Waals surface area contributed by atoms with Crippen molar-refractivity contribution >= 4 is 15.9 Å². The molecule has 6 nitrogen and oxygen atoms in total. The summed E-state index contributed by atoms with van der Waals surface area (Å²) in [6.45, 7) is 8.87. The van der Waals surface area contributed by atoms with Crippen LogP contribution in [0.25, 0.3) is 0 Å². The van der Waals surface area contributed by atoms with E-state index in [-0.39, 0.29) is 23.9 Å². The summed E-state index contributed by atoms with van der Waals surface area (Å²) in [5, 5.41) is 0. The molecule has 1 fully saturated rings. The van der Waals surface area contributed by atoms with E-state index in [0.717, 1.165) is 16.7 Å². The Hall–Kier alpha value is -2.38. The Bertz CT molecular complexity index is 978. The number of aryl methyl sites for hydroxylation is 3. The summed E-state index contributed by atoms with van der Waals surface area (Å²) in [6.07, 6.45) is -0.628. The molecule has 0 N–H and O–H groups in total. The minimum absolute atomic E-state index is 0.127. The molecule has 156 valence electrons. The third-order valence-corrected chi connectivity index (χ3v) is 7.10. The summed E-state index contributed by atoms with van der Waals surface area (Å²) >= 11 is 0. The van der Waals surface area contributed by atoms with Gasteiger partial charge in [-0.3, -0.25) is 4.79 Å². The lowest BCUT2D eigenvalue weighted by Crippen LogP contribution is -2.53. The molecule has 0 saturated carbocycles. The predicted molar refractivity (Wildman–Crippen MR) is 113 cm³/mol. The van der Waals surface area contributed by atoms with Crippen LogP contribution in [0.4, 0.5) is 0 Å². The van der Waals surface area contributed by atoms with Gasteiger partial charge in [0.25, 0.3) is 5.91 Å². The van der Waals surface area contributed by atoms with Crippen LogP contribution >= 0.6 is 0 Å². The van der Waals surface area contributed by atoms with Crippen LogP contribution in [0.1, 0.15) is 23.6 Å². The van der Waals surface area contributed by atoms with Gasteiger partial charge in [-0.2, -0.15) is 4.31 Å². The minimum Gasteiger partial charge on any atom is -0.481 e. The Kier molecular flexibility index (Phi) is 6.29. The highest BCUT2D eigenvalue weighted by molar-refractivity contribution is 7.89. The van der Waals surface area contributed by atoms with Crippen LogP contribution in [0, 0.1) is 20.8 Å². The summed E-state index contributed by atoms with van der Waals surface area (Å²) in [6, 6.07) is 12.7. The minimum atomic E-state index is -3.54. The van der Waals surface area contributed by atoms with Crippen molar-refractivity contribution in [3.8, 4) is 5.75 Å². The van der Waals surface area contributed by atoms with Crippen LogP contribution in [0.3, 0.4) is 0 Å². The van der Waals surface area contributed by atoms with E-state index >= 15 is 0 Å². The fourth-order valence-corrected chi connectivity index (χ4v) is 4.86. The van der Waals surface area contributed by atoms with Crippen molar-refractivity contribution < 1.29 is 17.9 Å². The average molecular weight is 417 g/mol. The summed E-state index contributed by atoms with van der Waals surface area (Å²) in [5.74, 6) is 0.564. The third-order valence-electron chi connectivity index (χ3n) is 5.19. The number of rotatable bonds is 5. The lowest BCUT2D eigenvalue weighted by molar-refractivity contribution is -0.139. The zero-order valence-electron chi connectivity index (χ0n) is 17.4. The fraction of sp³-hybridized carbons (Fsp3) is 0.409. The van der Waals surface area contributed by atoms with E-state index in [1.54, 1.807) is 36.1 Å². The first-order valence-corrected chi connectivity index (χ1v) is 11.2. The van der Waals surface area contributed by atoms with Crippen molar-refractivity contribution in [2.24, 2.45) is 0 Å². The van der Waals surface area contributed by atoms with E-state index in [1.165, 1.54) is 4.31 Å². The van der Waals surface area contributed by atoms with Crippen molar-refractivity contribution in [2.75, 3.05) is 26.2 Å². The van der Waals surface area contributed by atoms with E-state index in [2.05, 4.69) is 0 Å². The van der Waals surface area contributed by atoms with Crippen LogP contribution < -0.4 is 4.74 Å². The highest BCUT2D eigenvalue weighted by Crippen LogP contribution is 2.22. The first kappa shape index (κ1) is 21.3. The molecule has 1 aliphatic heterocycles. The number of ether oxygens (including phenoxy) is 1. The van der Waals surface area contributed by atoms with Crippen LogP contribution in [0.2, 0.25) is 0 Å².